The summed E-state index contributed by atoms with van der Waals surface area (Å²) in [6, 6.07) is 24.3. The fourth-order valence-electron chi connectivity index (χ4n) is 4.91. The Hall–Kier alpha value is -4.50. The van der Waals surface area contributed by atoms with Crippen molar-refractivity contribution in [1.82, 2.24) is 19.8 Å². The van der Waals surface area contributed by atoms with E-state index in [9.17, 15) is 9.59 Å². The number of carbonyl (C=O) groups excluding carboxylic acids is 2. The first kappa shape index (κ1) is 26.1. The Bertz CT molecular complexity index is 1500. The third-order valence-corrected chi connectivity index (χ3v) is 7.06. The van der Waals surface area contributed by atoms with Crippen molar-refractivity contribution in [2.45, 2.75) is 25.4 Å². The Balaban J connectivity index is 1.46. The molecule has 0 spiro atoms. The normalized spacial score (nSPS) is 16.6. The fourth-order valence-corrected chi connectivity index (χ4v) is 5.24. The summed E-state index contributed by atoms with van der Waals surface area (Å²) in [5.74, 6) is -0.494. The second-order valence-electron chi connectivity index (χ2n) is 9.33. The number of anilines is 1. The molecule has 2 aromatic carbocycles. The van der Waals surface area contributed by atoms with Gasteiger partial charge in [-0.2, -0.15) is 0 Å². The SMILES string of the molecule is COC(=O)c1cccc(-n2cccc2[C@H]2[C@H](c3ccccn3)NC(=S)N2CCC(=O)Nc2cccc(C)c2)c1. The number of hydrogen-bond acceptors (Lipinski definition) is 5. The average molecular weight is 540 g/mol. The molecule has 0 bridgehead atoms. The number of esters is 1. The van der Waals surface area contributed by atoms with Gasteiger partial charge in [0.15, 0.2) is 5.11 Å². The first-order chi connectivity index (χ1) is 18.9. The van der Waals surface area contributed by atoms with E-state index in [4.69, 9.17) is 17.0 Å². The minimum absolute atomic E-state index is 0.0930. The fraction of sp³-hybridized carbons (Fsp3) is 0.200. The number of ether oxygens (including phenoxy) is 1. The van der Waals surface area contributed by atoms with E-state index in [0.29, 0.717) is 17.2 Å². The highest BCUT2D eigenvalue weighted by molar-refractivity contribution is 7.80. The molecule has 0 unspecified atom stereocenters. The van der Waals surface area contributed by atoms with E-state index in [1.165, 1.54) is 7.11 Å². The van der Waals surface area contributed by atoms with Gasteiger partial charge >= 0.3 is 5.97 Å². The first-order valence-corrected chi connectivity index (χ1v) is 13.1. The van der Waals surface area contributed by atoms with Crippen LogP contribution in [0.5, 0.6) is 0 Å². The van der Waals surface area contributed by atoms with Crippen molar-refractivity contribution in [2.75, 3.05) is 19.0 Å². The third kappa shape index (κ3) is 5.68. The number of thiocarbonyl (C=S) groups is 1. The minimum Gasteiger partial charge on any atom is -0.465 e. The Morgan fingerprint density at radius 2 is 1.90 bits per heavy atom. The van der Waals surface area contributed by atoms with Crippen LogP contribution in [0.4, 0.5) is 5.69 Å². The quantitative estimate of drug-likeness (QED) is 0.241. The molecule has 0 saturated carbocycles. The van der Waals surface area contributed by atoms with Crippen LogP contribution in [-0.4, -0.2) is 45.1 Å². The lowest BCUT2D eigenvalue weighted by Gasteiger charge is -2.29. The van der Waals surface area contributed by atoms with E-state index >= 15 is 0 Å². The van der Waals surface area contributed by atoms with Crippen LogP contribution in [-0.2, 0) is 9.53 Å². The number of aromatic nitrogens is 2. The molecule has 2 atom stereocenters. The minimum atomic E-state index is -0.401. The van der Waals surface area contributed by atoms with Crippen LogP contribution in [0.3, 0.4) is 0 Å². The summed E-state index contributed by atoms with van der Waals surface area (Å²) in [7, 11) is 1.37. The van der Waals surface area contributed by atoms with Crippen LogP contribution >= 0.6 is 12.2 Å². The van der Waals surface area contributed by atoms with Crippen LogP contribution in [0.2, 0.25) is 0 Å². The largest absolute Gasteiger partial charge is 0.465 e. The zero-order valence-corrected chi connectivity index (χ0v) is 22.5. The number of amides is 1. The molecule has 0 radical (unpaired) electrons. The van der Waals surface area contributed by atoms with Gasteiger partial charge in [-0.05, 0) is 79.3 Å². The predicted octanol–water partition coefficient (Wildman–Crippen LogP) is 4.97. The number of aryl methyl sites for hydroxylation is 1. The van der Waals surface area contributed by atoms with Crippen molar-refractivity contribution < 1.29 is 14.3 Å². The number of carbonyl (C=O) groups is 2. The van der Waals surface area contributed by atoms with Gasteiger partial charge in [-0.15, -0.1) is 0 Å². The predicted molar refractivity (Wildman–Crippen MR) is 154 cm³/mol. The maximum atomic E-state index is 12.9. The van der Waals surface area contributed by atoms with Gasteiger partial charge < -0.3 is 24.8 Å². The average Bonchev–Trinajstić information content (AvgIpc) is 3.56. The zero-order valence-electron chi connectivity index (χ0n) is 21.7. The van der Waals surface area contributed by atoms with Gasteiger partial charge in [-0.3, -0.25) is 9.78 Å². The molecule has 198 valence electrons. The van der Waals surface area contributed by atoms with Gasteiger partial charge in [-0.1, -0.05) is 24.3 Å². The van der Waals surface area contributed by atoms with Crippen LogP contribution in [0, 0.1) is 6.92 Å². The lowest BCUT2D eigenvalue weighted by atomic mass is 10.0. The maximum absolute atomic E-state index is 12.9. The Labute approximate surface area is 232 Å². The molecule has 1 aliphatic heterocycles. The molecule has 2 N–H and O–H groups in total. The number of benzene rings is 2. The molecule has 1 amide bonds. The lowest BCUT2D eigenvalue weighted by Crippen LogP contribution is -2.33. The van der Waals surface area contributed by atoms with Crippen molar-refractivity contribution in [2.24, 2.45) is 0 Å². The first-order valence-electron chi connectivity index (χ1n) is 12.6. The molecule has 1 aliphatic rings. The molecule has 5 rings (SSSR count). The summed E-state index contributed by atoms with van der Waals surface area (Å²) < 4.78 is 6.95. The van der Waals surface area contributed by atoms with Gasteiger partial charge in [0.1, 0.15) is 0 Å². The van der Waals surface area contributed by atoms with E-state index in [0.717, 1.165) is 28.3 Å². The van der Waals surface area contributed by atoms with E-state index in [-0.39, 0.29) is 24.4 Å². The Morgan fingerprint density at radius 3 is 2.67 bits per heavy atom. The van der Waals surface area contributed by atoms with Crippen molar-refractivity contribution in [3.05, 3.63) is 114 Å². The molecule has 2 aromatic heterocycles. The smallest absolute Gasteiger partial charge is 0.337 e. The van der Waals surface area contributed by atoms with Crippen LogP contribution < -0.4 is 10.6 Å². The summed E-state index contributed by atoms with van der Waals surface area (Å²) in [4.78, 5) is 31.7. The van der Waals surface area contributed by atoms with Gasteiger partial charge in [0.2, 0.25) is 5.91 Å². The Kier molecular flexibility index (Phi) is 7.69. The van der Waals surface area contributed by atoms with Crippen molar-refractivity contribution in [1.29, 1.82) is 0 Å². The van der Waals surface area contributed by atoms with Gasteiger partial charge in [-0.25, -0.2) is 4.79 Å². The summed E-state index contributed by atoms with van der Waals surface area (Å²) >= 11 is 5.78. The summed E-state index contributed by atoms with van der Waals surface area (Å²) in [5, 5.41) is 6.97. The molecule has 1 fully saturated rings. The number of pyridine rings is 1. The highest BCUT2D eigenvalue weighted by Gasteiger charge is 2.41. The van der Waals surface area contributed by atoms with Crippen LogP contribution in [0.15, 0.2) is 91.3 Å². The topological polar surface area (TPSA) is 88.5 Å². The molecule has 3 heterocycles. The summed E-state index contributed by atoms with van der Waals surface area (Å²) in [6.07, 6.45) is 3.96. The molecule has 1 saturated heterocycles. The molecular formula is C30H29N5O3S. The second-order valence-corrected chi connectivity index (χ2v) is 9.72. The molecule has 8 nitrogen and oxygen atoms in total. The molecule has 9 heteroatoms. The molecule has 39 heavy (non-hydrogen) atoms. The van der Waals surface area contributed by atoms with E-state index in [2.05, 4.69) is 15.6 Å². The van der Waals surface area contributed by atoms with Gasteiger partial charge in [0.25, 0.3) is 0 Å². The summed E-state index contributed by atoms with van der Waals surface area (Å²) in [6.45, 7) is 2.40. The van der Waals surface area contributed by atoms with Crippen molar-refractivity contribution in [3.63, 3.8) is 0 Å². The van der Waals surface area contributed by atoms with Crippen molar-refractivity contribution in [3.8, 4) is 5.69 Å². The van der Waals surface area contributed by atoms with E-state index < -0.39 is 5.97 Å². The van der Waals surface area contributed by atoms with Crippen LogP contribution in [0.25, 0.3) is 5.69 Å². The number of methoxy groups -OCH3 is 1. The monoisotopic (exact) mass is 539 g/mol. The maximum Gasteiger partial charge on any atom is 0.337 e. The standard InChI is InChI=1S/C30H29N5O3S/c1-20-8-5-10-22(18-20)32-26(36)14-17-35-28(27(33-30(35)39)24-12-3-4-15-31-24)25-13-7-16-34(25)23-11-6-9-21(19-23)29(37)38-2/h3-13,15-16,18-19,27-28H,14,17H2,1-2H3,(H,32,36)(H,33,39)/t27-,28-/m0/s1. The third-order valence-electron chi connectivity index (χ3n) is 6.71. The van der Waals surface area contributed by atoms with Crippen molar-refractivity contribution >= 4 is 34.9 Å². The lowest BCUT2D eigenvalue weighted by molar-refractivity contribution is -0.116. The molecule has 4 aromatic rings. The summed E-state index contributed by atoms with van der Waals surface area (Å²) in [5.41, 5.74) is 4.90. The second kappa shape index (κ2) is 11.5. The van der Waals surface area contributed by atoms with E-state index in [1.54, 1.807) is 18.3 Å². The highest BCUT2D eigenvalue weighted by Crippen LogP contribution is 2.39. The van der Waals surface area contributed by atoms with Gasteiger partial charge in [0, 0.05) is 42.4 Å². The molecular weight excluding hydrogens is 510 g/mol. The number of rotatable bonds is 8. The van der Waals surface area contributed by atoms with Gasteiger partial charge in [0.05, 0.1) is 30.5 Å². The Morgan fingerprint density at radius 1 is 1.05 bits per heavy atom. The highest BCUT2D eigenvalue weighted by atomic mass is 32.1. The zero-order chi connectivity index (χ0) is 27.4. The van der Waals surface area contributed by atoms with E-state index in [1.807, 2.05) is 89.3 Å². The van der Waals surface area contributed by atoms with Crippen LogP contribution in [0.1, 0.15) is 45.8 Å². The molecule has 0 aliphatic carbocycles. The number of hydrogen-bond donors (Lipinski definition) is 2. The number of nitrogens with one attached hydrogen (secondary N) is 2. The number of nitrogens with zero attached hydrogens (tertiary/aromatic N) is 3.